The molecule has 0 bridgehead atoms. The summed E-state index contributed by atoms with van der Waals surface area (Å²) in [4.78, 5) is 10.0. The molecule has 7 heteroatoms. The lowest BCUT2D eigenvalue weighted by atomic mass is 10.3. The number of nitro groups is 1. The Morgan fingerprint density at radius 1 is 1.80 bits per heavy atom. The van der Waals surface area contributed by atoms with Crippen LogP contribution in [0.4, 0.5) is 5.69 Å². The average Bonchev–Trinajstić information content (AvgIpc) is 2.61. The topological polar surface area (TPSA) is 90.4 Å². The Morgan fingerprint density at radius 3 is 2.93 bits per heavy atom. The van der Waals surface area contributed by atoms with Crippen LogP contribution in [0.2, 0.25) is 0 Å². The zero-order valence-electron chi connectivity index (χ0n) is 8.58. The van der Waals surface area contributed by atoms with Crippen molar-refractivity contribution in [2.75, 3.05) is 0 Å². The Balaban J connectivity index is 2.93. The molecule has 1 atom stereocenters. The van der Waals surface area contributed by atoms with E-state index in [0.29, 0.717) is 0 Å². The van der Waals surface area contributed by atoms with Gasteiger partial charge in [0.05, 0.1) is 11.0 Å². The highest BCUT2D eigenvalue weighted by molar-refractivity contribution is 5.38. The molecule has 1 aromatic rings. The second kappa shape index (κ2) is 4.74. The average molecular weight is 215 g/mol. The van der Waals surface area contributed by atoms with Crippen molar-refractivity contribution in [2.45, 2.75) is 33.1 Å². The van der Waals surface area contributed by atoms with Gasteiger partial charge in [0.25, 0.3) is 0 Å². The summed E-state index contributed by atoms with van der Waals surface area (Å²) >= 11 is 0. The molecule has 0 aliphatic carbocycles. The highest BCUT2D eigenvalue weighted by atomic mass is 16.6. The number of rotatable bonds is 5. The third kappa shape index (κ3) is 2.66. The second-order valence-electron chi connectivity index (χ2n) is 3.09. The van der Waals surface area contributed by atoms with Crippen molar-refractivity contribution in [2.24, 2.45) is 0 Å². The Morgan fingerprint density at radius 2 is 2.47 bits per heavy atom. The molecule has 7 nitrogen and oxygen atoms in total. The quantitative estimate of drug-likeness (QED) is 0.582. The molecule has 0 aromatic carbocycles. The van der Waals surface area contributed by atoms with Crippen LogP contribution in [0, 0.1) is 10.1 Å². The third-order valence-corrected chi connectivity index (χ3v) is 1.94. The van der Waals surface area contributed by atoms with Crippen molar-refractivity contribution in [3.05, 3.63) is 16.3 Å². The normalized spacial score (nSPS) is 12.5. The largest absolute Gasteiger partial charge is 0.469 e. The number of aliphatic hydroxyl groups excluding tert-OH is 1. The van der Waals surface area contributed by atoms with Crippen LogP contribution in [0.5, 0.6) is 5.88 Å². The van der Waals surface area contributed by atoms with Gasteiger partial charge >= 0.3 is 11.6 Å². The van der Waals surface area contributed by atoms with Crippen LogP contribution in [0.3, 0.4) is 0 Å². The maximum Gasteiger partial charge on any atom is 0.350 e. The van der Waals surface area contributed by atoms with E-state index in [2.05, 4.69) is 5.10 Å². The van der Waals surface area contributed by atoms with Crippen LogP contribution in [0.1, 0.15) is 20.3 Å². The van der Waals surface area contributed by atoms with Gasteiger partial charge in [0.15, 0.2) is 0 Å². The van der Waals surface area contributed by atoms with Gasteiger partial charge in [-0.15, -0.1) is 5.10 Å². The first-order valence-electron chi connectivity index (χ1n) is 4.57. The molecule has 0 amide bonds. The van der Waals surface area contributed by atoms with Crippen molar-refractivity contribution in [3.8, 4) is 5.88 Å². The smallest absolute Gasteiger partial charge is 0.350 e. The van der Waals surface area contributed by atoms with Crippen LogP contribution in [-0.4, -0.2) is 25.9 Å². The molecule has 84 valence electrons. The SMILES string of the molecule is CC[C@@H](C)Oc1nn(CO)cc1[N+](=O)[O-]. The first-order valence-corrected chi connectivity index (χ1v) is 4.57. The summed E-state index contributed by atoms with van der Waals surface area (Å²) in [5, 5.41) is 23.1. The fourth-order valence-corrected chi connectivity index (χ4v) is 0.949. The summed E-state index contributed by atoms with van der Waals surface area (Å²) in [5.74, 6) is -0.0524. The maximum absolute atomic E-state index is 10.6. The summed E-state index contributed by atoms with van der Waals surface area (Å²) in [6.07, 6.45) is 1.71. The maximum atomic E-state index is 10.6. The van der Waals surface area contributed by atoms with E-state index in [4.69, 9.17) is 9.84 Å². The lowest BCUT2D eigenvalue weighted by Gasteiger charge is -2.08. The minimum absolute atomic E-state index is 0.0524. The van der Waals surface area contributed by atoms with E-state index in [1.807, 2.05) is 6.92 Å². The number of ether oxygens (including phenoxy) is 1. The first kappa shape index (κ1) is 11.4. The fraction of sp³-hybridized carbons (Fsp3) is 0.625. The first-order chi connectivity index (χ1) is 7.08. The van der Waals surface area contributed by atoms with Crippen LogP contribution in [-0.2, 0) is 6.73 Å². The van der Waals surface area contributed by atoms with Crippen molar-refractivity contribution in [3.63, 3.8) is 0 Å². The Labute approximate surface area is 86.4 Å². The van der Waals surface area contributed by atoms with Gasteiger partial charge < -0.3 is 9.84 Å². The molecule has 0 radical (unpaired) electrons. The Bertz CT molecular complexity index is 350. The highest BCUT2D eigenvalue weighted by Crippen LogP contribution is 2.25. The summed E-state index contributed by atoms with van der Waals surface area (Å²) in [7, 11) is 0. The molecule has 0 fully saturated rings. The molecule has 0 saturated heterocycles. The zero-order chi connectivity index (χ0) is 11.4. The molecule has 0 spiro atoms. The molecule has 1 rings (SSSR count). The summed E-state index contributed by atoms with van der Waals surface area (Å²) < 4.78 is 6.31. The molecule has 0 saturated carbocycles. The molecule has 0 unspecified atom stereocenters. The molecular formula is C8H13N3O4. The summed E-state index contributed by atoms with van der Waals surface area (Å²) in [5.41, 5.74) is -0.232. The second-order valence-corrected chi connectivity index (χ2v) is 3.09. The van der Waals surface area contributed by atoms with E-state index in [0.717, 1.165) is 17.3 Å². The minimum atomic E-state index is -0.586. The van der Waals surface area contributed by atoms with Crippen LogP contribution < -0.4 is 4.74 Å². The Hall–Kier alpha value is -1.63. The lowest BCUT2D eigenvalue weighted by Crippen LogP contribution is -2.11. The number of nitrogens with zero attached hydrogens (tertiary/aromatic N) is 3. The van der Waals surface area contributed by atoms with Gasteiger partial charge in [-0.1, -0.05) is 6.92 Å². The monoisotopic (exact) mass is 215 g/mol. The molecule has 0 aliphatic rings. The van der Waals surface area contributed by atoms with Gasteiger partial charge in [-0.2, -0.15) is 0 Å². The van der Waals surface area contributed by atoms with Crippen molar-refractivity contribution >= 4 is 5.69 Å². The van der Waals surface area contributed by atoms with E-state index in [1.165, 1.54) is 0 Å². The number of hydrogen-bond donors (Lipinski definition) is 1. The van der Waals surface area contributed by atoms with Crippen molar-refractivity contribution in [1.82, 2.24) is 9.78 Å². The molecule has 1 aromatic heterocycles. The van der Waals surface area contributed by atoms with Crippen LogP contribution in [0.15, 0.2) is 6.20 Å². The molecule has 0 aliphatic heterocycles. The summed E-state index contributed by atoms with van der Waals surface area (Å²) in [6, 6.07) is 0. The predicted octanol–water partition coefficient (Wildman–Crippen LogP) is 0.918. The molecular weight excluding hydrogens is 202 g/mol. The van der Waals surface area contributed by atoms with E-state index in [9.17, 15) is 10.1 Å². The van der Waals surface area contributed by atoms with Crippen LogP contribution in [0.25, 0.3) is 0 Å². The van der Waals surface area contributed by atoms with E-state index in [1.54, 1.807) is 6.92 Å². The zero-order valence-corrected chi connectivity index (χ0v) is 8.58. The van der Waals surface area contributed by atoms with Gasteiger partial charge in [0, 0.05) is 0 Å². The van der Waals surface area contributed by atoms with E-state index in [-0.39, 0.29) is 17.7 Å². The van der Waals surface area contributed by atoms with E-state index >= 15 is 0 Å². The van der Waals surface area contributed by atoms with Gasteiger partial charge in [-0.3, -0.25) is 10.1 Å². The standard InChI is InChI=1S/C8H13N3O4/c1-3-6(2)15-8-7(11(13)14)4-10(5-12)9-8/h4,6,12H,3,5H2,1-2H3/t6-/m1/s1. The van der Waals surface area contributed by atoms with Gasteiger partial charge in [0.2, 0.25) is 0 Å². The minimum Gasteiger partial charge on any atom is -0.469 e. The summed E-state index contributed by atoms with van der Waals surface area (Å²) in [6.45, 7) is 3.28. The molecule has 15 heavy (non-hydrogen) atoms. The molecule has 1 heterocycles. The number of aromatic nitrogens is 2. The fourth-order valence-electron chi connectivity index (χ4n) is 0.949. The van der Waals surface area contributed by atoms with Crippen LogP contribution >= 0.6 is 0 Å². The molecule has 1 N–H and O–H groups in total. The van der Waals surface area contributed by atoms with Gasteiger partial charge in [0.1, 0.15) is 12.9 Å². The van der Waals surface area contributed by atoms with Crippen molar-refractivity contribution in [1.29, 1.82) is 0 Å². The number of hydrogen-bond acceptors (Lipinski definition) is 5. The van der Waals surface area contributed by atoms with Gasteiger partial charge in [-0.05, 0) is 13.3 Å². The van der Waals surface area contributed by atoms with Gasteiger partial charge in [-0.25, -0.2) is 4.68 Å². The Kier molecular flexibility index (Phi) is 3.62. The predicted molar refractivity (Wildman–Crippen MR) is 51.5 cm³/mol. The lowest BCUT2D eigenvalue weighted by molar-refractivity contribution is -0.386. The van der Waals surface area contributed by atoms with E-state index < -0.39 is 11.7 Å². The third-order valence-electron chi connectivity index (χ3n) is 1.94. The number of aliphatic hydroxyl groups is 1. The van der Waals surface area contributed by atoms with Crippen molar-refractivity contribution < 1.29 is 14.8 Å². The highest BCUT2D eigenvalue weighted by Gasteiger charge is 2.22.